The van der Waals surface area contributed by atoms with Crippen molar-refractivity contribution in [3.8, 4) is 5.75 Å². The number of nitro groups is 1. The second-order valence-corrected chi connectivity index (χ2v) is 3.46. The van der Waals surface area contributed by atoms with E-state index in [9.17, 15) is 14.9 Å². The molecular formula is C11H9NO5. The third-order valence-electron chi connectivity index (χ3n) is 2.37. The average Bonchev–Trinajstić information content (AvgIpc) is 2.70. The van der Waals surface area contributed by atoms with Crippen LogP contribution >= 0.6 is 0 Å². The summed E-state index contributed by atoms with van der Waals surface area (Å²) in [5, 5.41) is 11.4. The number of hydrogen-bond donors (Lipinski definition) is 0. The summed E-state index contributed by atoms with van der Waals surface area (Å²) in [6, 6.07) is 4.37. The van der Waals surface area contributed by atoms with Gasteiger partial charge in [-0.15, -0.1) is 0 Å². The predicted molar refractivity (Wildman–Crippen MR) is 59.4 cm³/mol. The Morgan fingerprint density at radius 1 is 1.47 bits per heavy atom. The minimum atomic E-state index is -0.561. The van der Waals surface area contributed by atoms with E-state index in [1.807, 2.05) is 0 Å². The Hall–Kier alpha value is -2.37. The maximum atomic E-state index is 11.2. The molecule has 0 unspecified atom stereocenters. The lowest BCUT2D eigenvalue weighted by molar-refractivity contribution is -0.385. The number of carbonyl (C=O) groups excluding carboxylic acids is 1. The van der Waals surface area contributed by atoms with Gasteiger partial charge in [0.1, 0.15) is 0 Å². The molecule has 0 bridgehead atoms. The Kier molecular flexibility index (Phi) is 2.55. The van der Waals surface area contributed by atoms with Crippen LogP contribution in [0.2, 0.25) is 0 Å². The van der Waals surface area contributed by atoms with Gasteiger partial charge in [0.2, 0.25) is 5.75 Å². The first-order valence-electron chi connectivity index (χ1n) is 4.80. The minimum Gasteiger partial charge on any atom is -0.488 e. The first-order valence-corrected chi connectivity index (χ1v) is 4.80. The molecule has 6 nitrogen and oxygen atoms in total. The normalized spacial score (nSPS) is 10.5. The topological polar surface area (TPSA) is 82.6 Å². The van der Waals surface area contributed by atoms with Gasteiger partial charge in [-0.2, -0.15) is 0 Å². The molecule has 0 saturated heterocycles. The lowest BCUT2D eigenvalue weighted by atomic mass is 10.2. The molecule has 0 atom stereocenters. The summed E-state index contributed by atoms with van der Waals surface area (Å²) in [5.74, 6) is -0.0651. The van der Waals surface area contributed by atoms with Crippen molar-refractivity contribution in [2.24, 2.45) is 0 Å². The van der Waals surface area contributed by atoms with Gasteiger partial charge in [0, 0.05) is 18.4 Å². The van der Waals surface area contributed by atoms with Gasteiger partial charge in [-0.3, -0.25) is 14.9 Å². The molecule has 0 N–H and O–H groups in total. The van der Waals surface area contributed by atoms with Crippen molar-refractivity contribution in [3.63, 3.8) is 0 Å². The number of Topliss-reactive ketones (excluding diaryl/α,β-unsaturated/α-hetero) is 1. The van der Waals surface area contributed by atoms with E-state index in [2.05, 4.69) is 0 Å². The van der Waals surface area contributed by atoms with Crippen LogP contribution in [0.15, 0.2) is 22.6 Å². The van der Waals surface area contributed by atoms with Gasteiger partial charge in [0.05, 0.1) is 12.0 Å². The van der Waals surface area contributed by atoms with E-state index in [0.29, 0.717) is 5.39 Å². The molecule has 0 aliphatic heterocycles. The zero-order chi connectivity index (χ0) is 12.6. The largest absolute Gasteiger partial charge is 0.488 e. The number of nitro benzene ring substituents is 1. The molecule has 0 amide bonds. The van der Waals surface area contributed by atoms with Gasteiger partial charge in [-0.05, 0) is 12.1 Å². The van der Waals surface area contributed by atoms with Crippen LogP contribution in [0.3, 0.4) is 0 Å². The zero-order valence-electron chi connectivity index (χ0n) is 9.22. The third kappa shape index (κ3) is 1.73. The standard InChI is InChI=1S/C11H9NO5/c1-6(13)9-5-7-3-4-8(12(14)15)11(16-2)10(7)17-9/h3-5H,1-2H3. The van der Waals surface area contributed by atoms with Crippen molar-refractivity contribution in [1.82, 2.24) is 0 Å². The number of ketones is 1. The van der Waals surface area contributed by atoms with Crippen LogP contribution in [0.1, 0.15) is 17.5 Å². The molecular weight excluding hydrogens is 226 g/mol. The zero-order valence-corrected chi connectivity index (χ0v) is 9.22. The predicted octanol–water partition coefficient (Wildman–Crippen LogP) is 2.55. The van der Waals surface area contributed by atoms with Gasteiger partial charge in [-0.25, -0.2) is 0 Å². The monoisotopic (exact) mass is 235 g/mol. The van der Waals surface area contributed by atoms with Crippen LogP contribution in [0.5, 0.6) is 5.75 Å². The van der Waals surface area contributed by atoms with Crippen molar-refractivity contribution < 1.29 is 18.9 Å². The third-order valence-corrected chi connectivity index (χ3v) is 2.37. The van der Waals surface area contributed by atoms with E-state index in [-0.39, 0.29) is 28.6 Å². The summed E-state index contributed by atoms with van der Waals surface area (Å²) in [4.78, 5) is 21.4. The first kappa shape index (κ1) is 11.1. The first-order chi connectivity index (χ1) is 8.04. The highest BCUT2D eigenvalue weighted by Crippen LogP contribution is 2.36. The number of rotatable bonds is 3. The number of nitrogens with zero attached hydrogens (tertiary/aromatic N) is 1. The van der Waals surface area contributed by atoms with Crippen LogP contribution in [0.4, 0.5) is 5.69 Å². The Bertz CT molecular complexity index is 614. The Labute approximate surface area is 95.9 Å². The Balaban J connectivity index is 2.76. The van der Waals surface area contributed by atoms with Gasteiger partial charge in [0.15, 0.2) is 17.1 Å². The van der Waals surface area contributed by atoms with Crippen LogP contribution < -0.4 is 4.74 Å². The molecule has 0 spiro atoms. The van der Waals surface area contributed by atoms with Crippen molar-refractivity contribution in [2.45, 2.75) is 6.92 Å². The fourth-order valence-electron chi connectivity index (χ4n) is 1.58. The van der Waals surface area contributed by atoms with Crippen LogP contribution in [0, 0.1) is 10.1 Å². The van der Waals surface area contributed by atoms with Crippen LogP contribution in [-0.2, 0) is 0 Å². The van der Waals surface area contributed by atoms with E-state index in [1.165, 1.54) is 32.2 Å². The van der Waals surface area contributed by atoms with Crippen molar-refractivity contribution in [1.29, 1.82) is 0 Å². The fraction of sp³-hybridized carbons (Fsp3) is 0.182. The highest BCUT2D eigenvalue weighted by Gasteiger charge is 2.21. The second kappa shape index (κ2) is 3.89. The minimum absolute atomic E-state index is 0.0278. The molecule has 0 aliphatic rings. The summed E-state index contributed by atoms with van der Waals surface area (Å²) < 4.78 is 10.2. The highest BCUT2D eigenvalue weighted by atomic mass is 16.6. The molecule has 1 heterocycles. The summed E-state index contributed by atoms with van der Waals surface area (Å²) in [6.07, 6.45) is 0. The van der Waals surface area contributed by atoms with Crippen molar-refractivity contribution >= 4 is 22.4 Å². The molecule has 17 heavy (non-hydrogen) atoms. The number of methoxy groups -OCH3 is 1. The molecule has 2 rings (SSSR count). The lowest BCUT2D eigenvalue weighted by Gasteiger charge is -2.01. The maximum Gasteiger partial charge on any atom is 0.314 e. The fourth-order valence-corrected chi connectivity index (χ4v) is 1.58. The van der Waals surface area contributed by atoms with Gasteiger partial charge in [-0.1, -0.05) is 0 Å². The molecule has 88 valence electrons. The van der Waals surface area contributed by atoms with Gasteiger partial charge in [0.25, 0.3) is 0 Å². The van der Waals surface area contributed by atoms with E-state index < -0.39 is 4.92 Å². The molecule has 0 aliphatic carbocycles. The maximum absolute atomic E-state index is 11.2. The number of carbonyl (C=O) groups is 1. The smallest absolute Gasteiger partial charge is 0.314 e. The summed E-state index contributed by atoms with van der Waals surface area (Å²) in [6.45, 7) is 1.36. The molecule has 0 radical (unpaired) electrons. The summed E-state index contributed by atoms with van der Waals surface area (Å²) in [5.41, 5.74) is 0.0244. The van der Waals surface area contributed by atoms with Crippen molar-refractivity contribution in [3.05, 3.63) is 34.1 Å². The molecule has 0 fully saturated rings. The van der Waals surface area contributed by atoms with E-state index >= 15 is 0 Å². The number of ether oxygens (including phenoxy) is 1. The van der Waals surface area contributed by atoms with Gasteiger partial charge < -0.3 is 9.15 Å². The number of benzene rings is 1. The van der Waals surface area contributed by atoms with Crippen molar-refractivity contribution in [2.75, 3.05) is 7.11 Å². The molecule has 6 heteroatoms. The molecule has 1 aromatic heterocycles. The molecule has 1 aromatic carbocycles. The Morgan fingerprint density at radius 2 is 2.18 bits per heavy atom. The van der Waals surface area contributed by atoms with Crippen LogP contribution in [0.25, 0.3) is 11.0 Å². The van der Waals surface area contributed by atoms with Gasteiger partial charge >= 0.3 is 5.69 Å². The number of fused-ring (bicyclic) bond motifs is 1. The Morgan fingerprint density at radius 3 is 2.71 bits per heavy atom. The summed E-state index contributed by atoms with van der Waals surface area (Å²) >= 11 is 0. The van der Waals surface area contributed by atoms with Crippen LogP contribution in [-0.4, -0.2) is 17.8 Å². The quantitative estimate of drug-likeness (QED) is 0.463. The van der Waals surface area contributed by atoms with E-state index in [4.69, 9.17) is 9.15 Å². The number of hydrogen-bond acceptors (Lipinski definition) is 5. The average molecular weight is 235 g/mol. The SMILES string of the molecule is COc1c([N+](=O)[O-])ccc2cc(C(C)=O)oc12. The molecule has 2 aromatic rings. The lowest BCUT2D eigenvalue weighted by Crippen LogP contribution is -1.93. The van der Waals surface area contributed by atoms with E-state index in [1.54, 1.807) is 0 Å². The second-order valence-electron chi connectivity index (χ2n) is 3.46. The molecule has 0 saturated carbocycles. The number of furan rings is 1. The highest BCUT2D eigenvalue weighted by molar-refractivity contribution is 5.98. The van der Waals surface area contributed by atoms with E-state index in [0.717, 1.165) is 0 Å². The summed E-state index contributed by atoms with van der Waals surface area (Å²) in [7, 11) is 1.32.